The van der Waals surface area contributed by atoms with Crippen LogP contribution in [0.25, 0.3) is 0 Å². The van der Waals surface area contributed by atoms with E-state index in [-0.39, 0.29) is 12.0 Å². The summed E-state index contributed by atoms with van der Waals surface area (Å²) < 4.78 is 5.40. The predicted molar refractivity (Wildman–Crippen MR) is 77.5 cm³/mol. The minimum Gasteiger partial charge on any atom is -0.377 e. The highest BCUT2D eigenvalue weighted by molar-refractivity contribution is 5.95. The van der Waals surface area contributed by atoms with Gasteiger partial charge in [0.15, 0.2) is 0 Å². The number of benzene rings is 1. The van der Waals surface area contributed by atoms with Crippen LogP contribution in [-0.2, 0) is 11.2 Å². The Hall–Kier alpha value is -1.39. The summed E-state index contributed by atoms with van der Waals surface area (Å²) >= 11 is 0. The first-order valence-electron chi connectivity index (χ1n) is 6.77. The summed E-state index contributed by atoms with van der Waals surface area (Å²) in [5.74, 6) is -0.0286. The van der Waals surface area contributed by atoms with Gasteiger partial charge in [0, 0.05) is 12.1 Å². The van der Waals surface area contributed by atoms with Gasteiger partial charge >= 0.3 is 0 Å². The lowest BCUT2D eigenvalue weighted by Gasteiger charge is -2.11. The quantitative estimate of drug-likeness (QED) is 0.701. The van der Waals surface area contributed by atoms with Gasteiger partial charge in [0.05, 0.1) is 12.7 Å². The Morgan fingerprint density at radius 1 is 1.26 bits per heavy atom. The molecule has 0 radical (unpaired) electrons. The molecular formula is C15H24N2O2. The van der Waals surface area contributed by atoms with Crippen molar-refractivity contribution in [1.82, 2.24) is 10.6 Å². The molecule has 0 heterocycles. The molecule has 0 aliphatic carbocycles. The van der Waals surface area contributed by atoms with Gasteiger partial charge in [-0.1, -0.05) is 18.2 Å². The third-order valence-electron chi connectivity index (χ3n) is 2.75. The van der Waals surface area contributed by atoms with Crippen LogP contribution >= 0.6 is 0 Å². The predicted octanol–water partition coefficient (Wildman–Crippen LogP) is 1.60. The van der Waals surface area contributed by atoms with E-state index in [0.717, 1.165) is 24.1 Å². The lowest BCUT2D eigenvalue weighted by atomic mass is 10.0. The summed E-state index contributed by atoms with van der Waals surface area (Å²) in [5.41, 5.74) is 1.82. The van der Waals surface area contributed by atoms with Crippen molar-refractivity contribution < 1.29 is 9.53 Å². The molecule has 19 heavy (non-hydrogen) atoms. The molecule has 1 aromatic carbocycles. The van der Waals surface area contributed by atoms with Crippen LogP contribution in [0.2, 0.25) is 0 Å². The molecule has 0 spiro atoms. The summed E-state index contributed by atoms with van der Waals surface area (Å²) in [7, 11) is 1.91. The Kier molecular flexibility index (Phi) is 7.15. The van der Waals surface area contributed by atoms with Crippen molar-refractivity contribution in [3.8, 4) is 0 Å². The molecular weight excluding hydrogens is 240 g/mol. The maximum atomic E-state index is 12.1. The average Bonchev–Trinajstić information content (AvgIpc) is 2.41. The third-order valence-corrected chi connectivity index (χ3v) is 2.75. The average molecular weight is 264 g/mol. The monoisotopic (exact) mass is 264 g/mol. The highest BCUT2D eigenvalue weighted by Crippen LogP contribution is 2.09. The second kappa shape index (κ2) is 8.67. The maximum absolute atomic E-state index is 12.1. The van der Waals surface area contributed by atoms with Crippen molar-refractivity contribution in [2.45, 2.75) is 26.4 Å². The van der Waals surface area contributed by atoms with Crippen LogP contribution in [0, 0.1) is 0 Å². The highest BCUT2D eigenvalue weighted by atomic mass is 16.5. The Balaban J connectivity index is 2.51. The Morgan fingerprint density at radius 2 is 2.00 bits per heavy atom. The van der Waals surface area contributed by atoms with Gasteiger partial charge in [-0.3, -0.25) is 4.79 Å². The number of hydrogen-bond donors (Lipinski definition) is 2. The van der Waals surface area contributed by atoms with Crippen LogP contribution in [0.5, 0.6) is 0 Å². The number of rotatable bonds is 8. The van der Waals surface area contributed by atoms with Crippen molar-refractivity contribution in [1.29, 1.82) is 0 Å². The van der Waals surface area contributed by atoms with Crippen LogP contribution in [-0.4, -0.2) is 38.8 Å². The molecule has 0 aliphatic rings. The summed E-state index contributed by atoms with van der Waals surface area (Å²) in [6, 6.07) is 7.71. The first kappa shape index (κ1) is 15.7. The fourth-order valence-corrected chi connectivity index (χ4v) is 1.77. The molecule has 0 bridgehead atoms. The third kappa shape index (κ3) is 5.85. The van der Waals surface area contributed by atoms with Gasteiger partial charge in [0.2, 0.25) is 0 Å². The first-order valence-corrected chi connectivity index (χ1v) is 6.77. The lowest BCUT2D eigenvalue weighted by molar-refractivity contribution is 0.0746. The number of hydrogen-bond acceptors (Lipinski definition) is 3. The SMILES string of the molecule is CNCCc1ccccc1C(=O)NCCOC(C)C. The number of ether oxygens (including phenoxy) is 1. The van der Waals surface area contributed by atoms with Gasteiger partial charge in [-0.05, 0) is 45.5 Å². The Morgan fingerprint density at radius 3 is 2.68 bits per heavy atom. The number of nitrogens with one attached hydrogen (secondary N) is 2. The molecule has 0 fully saturated rings. The minimum atomic E-state index is -0.0286. The molecule has 0 atom stereocenters. The minimum absolute atomic E-state index is 0.0286. The van der Waals surface area contributed by atoms with Gasteiger partial charge in [0.25, 0.3) is 5.91 Å². The van der Waals surface area contributed by atoms with E-state index in [9.17, 15) is 4.79 Å². The van der Waals surface area contributed by atoms with E-state index in [1.165, 1.54) is 0 Å². The molecule has 0 saturated heterocycles. The fourth-order valence-electron chi connectivity index (χ4n) is 1.77. The normalized spacial score (nSPS) is 10.7. The van der Waals surface area contributed by atoms with E-state index >= 15 is 0 Å². The molecule has 1 aromatic rings. The van der Waals surface area contributed by atoms with Crippen LogP contribution in [0.15, 0.2) is 24.3 Å². The summed E-state index contributed by atoms with van der Waals surface area (Å²) in [4.78, 5) is 12.1. The number of amides is 1. The first-order chi connectivity index (χ1) is 9.15. The second-order valence-electron chi connectivity index (χ2n) is 4.69. The van der Waals surface area contributed by atoms with Gasteiger partial charge in [-0.15, -0.1) is 0 Å². The number of carbonyl (C=O) groups is 1. The van der Waals surface area contributed by atoms with Crippen molar-refractivity contribution in [3.05, 3.63) is 35.4 Å². The number of likely N-dealkylation sites (N-methyl/N-ethyl adjacent to an activating group) is 1. The van der Waals surface area contributed by atoms with Gasteiger partial charge in [-0.25, -0.2) is 0 Å². The topological polar surface area (TPSA) is 50.4 Å². The Labute approximate surface area is 115 Å². The van der Waals surface area contributed by atoms with Crippen molar-refractivity contribution in [2.75, 3.05) is 26.7 Å². The van der Waals surface area contributed by atoms with E-state index < -0.39 is 0 Å². The molecule has 1 rings (SSSR count). The number of carbonyl (C=O) groups excluding carboxylic acids is 1. The zero-order valence-corrected chi connectivity index (χ0v) is 12.0. The summed E-state index contributed by atoms with van der Waals surface area (Å²) in [5, 5.41) is 5.98. The zero-order valence-electron chi connectivity index (χ0n) is 12.0. The maximum Gasteiger partial charge on any atom is 0.251 e. The molecule has 2 N–H and O–H groups in total. The lowest BCUT2D eigenvalue weighted by Crippen LogP contribution is -2.29. The van der Waals surface area contributed by atoms with Gasteiger partial charge < -0.3 is 15.4 Å². The van der Waals surface area contributed by atoms with Crippen LogP contribution in [0.3, 0.4) is 0 Å². The smallest absolute Gasteiger partial charge is 0.251 e. The highest BCUT2D eigenvalue weighted by Gasteiger charge is 2.09. The summed E-state index contributed by atoms with van der Waals surface area (Å²) in [6.45, 7) is 5.91. The second-order valence-corrected chi connectivity index (χ2v) is 4.69. The van der Waals surface area contributed by atoms with Gasteiger partial charge in [-0.2, -0.15) is 0 Å². The van der Waals surface area contributed by atoms with Crippen LogP contribution in [0.4, 0.5) is 0 Å². The largest absolute Gasteiger partial charge is 0.377 e. The molecule has 1 amide bonds. The van der Waals surface area contributed by atoms with Crippen molar-refractivity contribution >= 4 is 5.91 Å². The van der Waals surface area contributed by atoms with E-state index in [1.807, 2.05) is 45.2 Å². The van der Waals surface area contributed by atoms with E-state index in [0.29, 0.717) is 13.2 Å². The fraction of sp³-hybridized carbons (Fsp3) is 0.533. The van der Waals surface area contributed by atoms with Gasteiger partial charge in [0.1, 0.15) is 0 Å². The van der Waals surface area contributed by atoms with Crippen LogP contribution < -0.4 is 10.6 Å². The zero-order chi connectivity index (χ0) is 14.1. The van der Waals surface area contributed by atoms with Crippen LogP contribution in [0.1, 0.15) is 29.8 Å². The molecule has 0 unspecified atom stereocenters. The van der Waals surface area contributed by atoms with Crippen molar-refractivity contribution in [2.24, 2.45) is 0 Å². The standard InChI is InChI=1S/C15H24N2O2/c1-12(2)19-11-10-17-15(18)14-7-5-4-6-13(14)8-9-16-3/h4-7,12,16H,8-11H2,1-3H3,(H,17,18). The molecule has 106 valence electrons. The van der Waals surface area contributed by atoms with Crippen molar-refractivity contribution in [3.63, 3.8) is 0 Å². The Bertz CT molecular complexity index is 391. The molecule has 0 aliphatic heterocycles. The van der Waals surface area contributed by atoms with E-state index in [1.54, 1.807) is 0 Å². The van der Waals surface area contributed by atoms with E-state index in [4.69, 9.17) is 4.74 Å². The van der Waals surface area contributed by atoms with E-state index in [2.05, 4.69) is 10.6 Å². The summed E-state index contributed by atoms with van der Waals surface area (Å²) in [6.07, 6.45) is 1.04. The molecule has 4 nitrogen and oxygen atoms in total. The molecule has 0 saturated carbocycles. The molecule has 0 aromatic heterocycles. The molecule has 4 heteroatoms.